The van der Waals surface area contributed by atoms with Crippen LogP contribution in [-0.2, 0) is 0 Å². The van der Waals surface area contributed by atoms with E-state index in [0.717, 1.165) is 15.7 Å². The van der Waals surface area contributed by atoms with Crippen molar-refractivity contribution < 1.29 is 5.11 Å². The van der Waals surface area contributed by atoms with Crippen molar-refractivity contribution >= 4 is 33.2 Å². The van der Waals surface area contributed by atoms with Crippen LogP contribution in [0.1, 0.15) is 11.8 Å². The van der Waals surface area contributed by atoms with Crippen molar-refractivity contribution in [1.29, 1.82) is 0 Å². The molecule has 1 unspecified atom stereocenters. The lowest BCUT2D eigenvalue weighted by molar-refractivity contribution is 0.208. The maximum absolute atomic E-state index is 9.97. The molecule has 0 aliphatic heterocycles. The number of hydrogen-bond donors (Lipinski definition) is 2. The van der Waals surface area contributed by atoms with Gasteiger partial charge in [-0.1, -0.05) is 39.7 Å². The fourth-order valence-corrected chi connectivity index (χ4v) is 1.82. The number of halogens is 2. The third-order valence-electron chi connectivity index (χ3n) is 2.33. The fraction of sp³-hybridized carbons (Fsp3) is 0.0769. The maximum atomic E-state index is 9.97. The molecule has 0 saturated heterocycles. The van der Waals surface area contributed by atoms with E-state index in [4.69, 9.17) is 11.6 Å². The Kier molecular flexibility index (Phi) is 4.05. The summed E-state index contributed by atoms with van der Waals surface area (Å²) in [4.78, 5) is 0. The van der Waals surface area contributed by atoms with Crippen LogP contribution in [0.15, 0.2) is 53.0 Å². The van der Waals surface area contributed by atoms with Crippen molar-refractivity contribution in [1.82, 2.24) is 0 Å². The summed E-state index contributed by atoms with van der Waals surface area (Å²) in [7, 11) is 0. The highest BCUT2D eigenvalue weighted by molar-refractivity contribution is 9.10. The predicted octanol–water partition coefficient (Wildman–Crippen LogP) is 4.21. The Labute approximate surface area is 113 Å². The SMILES string of the molecule is OC(Nc1ccc(Cl)cc1)c1ccc(Br)cc1. The molecule has 2 aromatic carbocycles. The van der Waals surface area contributed by atoms with Gasteiger partial charge in [0.1, 0.15) is 0 Å². The number of nitrogens with one attached hydrogen (secondary N) is 1. The second-order valence-corrected chi connectivity index (χ2v) is 4.96. The molecule has 0 bridgehead atoms. The maximum Gasteiger partial charge on any atom is 0.150 e. The average molecular weight is 313 g/mol. The van der Waals surface area contributed by atoms with Crippen molar-refractivity contribution in [2.75, 3.05) is 5.32 Å². The van der Waals surface area contributed by atoms with Gasteiger partial charge in [-0.25, -0.2) is 0 Å². The lowest BCUT2D eigenvalue weighted by Crippen LogP contribution is -2.09. The number of anilines is 1. The van der Waals surface area contributed by atoms with Crippen LogP contribution in [0.4, 0.5) is 5.69 Å². The van der Waals surface area contributed by atoms with Gasteiger partial charge in [-0.3, -0.25) is 0 Å². The van der Waals surface area contributed by atoms with E-state index in [1.807, 2.05) is 36.4 Å². The second-order valence-electron chi connectivity index (χ2n) is 3.61. The van der Waals surface area contributed by atoms with Gasteiger partial charge in [-0.2, -0.15) is 0 Å². The van der Waals surface area contributed by atoms with Crippen LogP contribution in [0.3, 0.4) is 0 Å². The predicted molar refractivity (Wildman–Crippen MR) is 74.2 cm³/mol. The standard InChI is InChI=1S/C13H11BrClNO/c14-10-3-1-9(2-4-10)13(17)16-12-7-5-11(15)6-8-12/h1-8,13,16-17H. The Morgan fingerprint density at radius 2 is 1.59 bits per heavy atom. The third-order valence-corrected chi connectivity index (χ3v) is 3.11. The highest BCUT2D eigenvalue weighted by Crippen LogP contribution is 2.20. The summed E-state index contributed by atoms with van der Waals surface area (Å²) >= 11 is 9.14. The van der Waals surface area contributed by atoms with E-state index in [9.17, 15) is 5.11 Å². The first-order valence-electron chi connectivity index (χ1n) is 5.11. The zero-order valence-corrected chi connectivity index (χ0v) is 11.2. The molecule has 0 heterocycles. The topological polar surface area (TPSA) is 32.3 Å². The van der Waals surface area contributed by atoms with E-state index in [1.165, 1.54) is 0 Å². The van der Waals surface area contributed by atoms with Gasteiger partial charge < -0.3 is 10.4 Å². The Morgan fingerprint density at radius 1 is 1.00 bits per heavy atom. The van der Waals surface area contributed by atoms with E-state index < -0.39 is 6.23 Å². The molecule has 4 heteroatoms. The largest absolute Gasteiger partial charge is 0.369 e. The zero-order valence-electron chi connectivity index (χ0n) is 8.90. The molecule has 0 aliphatic rings. The Balaban J connectivity index is 2.08. The van der Waals surface area contributed by atoms with Crippen molar-refractivity contribution in [3.63, 3.8) is 0 Å². The normalized spacial score (nSPS) is 12.2. The van der Waals surface area contributed by atoms with Gasteiger partial charge in [0.05, 0.1) is 0 Å². The molecule has 2 aromatic rings. The van der Waals surface area contributed by atoms with Gasteiger partial charge in [-0.05, 0) is 36.4 Å². The average Bonchev–Trinajstić information content (AvgIpc) is 2.33. The molecule has 0 radical (unpaired) electrons. The minimum absolute atomic E-state index is 0.675. The van der Waals surface area contributed by atoms with Crippen LogP contribution in [0.25, 0.3) is 0 Å². The fourth-order valence-electron chi connectivity index (χ4n) is 1.43. The molecular weight excluding hydrogens is 302 g/mol. The number of aliphatic hydroxyl groups excluding tert-OH is 1. The second kappa shape index (κ2) is 5.54. The van der Waals surface area contributed by atoms with Crippen LogP contribution in [0.2, 0.25) is 5.02 Å². The zero-order chi connectivity index (χ0) is 12.3. The van der Waals surface area contributed by atoms with Gasteiger partial charge in [-0.15, -0.1) is 0 Å². The first-order valence-corrected chi connectivity index (χ1v) is 6.28. The highest BCUT2D eigenvalue weighted by atomic mass is 79.9. The number of rotatable bonds is 3. The molecule has 17 heavy (non-hydrogen) atoms. The van der Waals surface area contributed by atoms with Gasteiger partial charge in [0.25, 0.3) is 0 Å². The molecule has 2 N–H and O–H groups in total. The van der Waals surface area contributed by atoms with Crippen molar-refractivity contribution in [3.8, 4) is 0 Å². The number of hydrogen-bond acceptors (Lipinski definition) is 2. The summed E-state index contributed by atoms with van der Waals surface area (Å²) in [6.45, 7) is 0. The van der Waals surface area contributed by atoms with E-state index >= 15 is 0 Å². The smallest absolute Gasteiger partial charge is 0.150 e. The van der Waals surface area contributed by atoms with Crippen LogP contribution >= 0.6 is 27.5 Å². The van der Waals surface area contributed by atoms with E-state index in [-0.39, 0.29) is 0 Å². The Hall–Kier alpha value is -1.03. The third kappa shape index (κ3) is 3.46. The quantitative estimate of drug-likeness (QED) is 0.832. The van der Waals surface area contributed by atoms with Crippen molar-refractivity contribution in [2.24, 2.45) is 0 Å². The monoisotopic (exact) mass is 311 g/mol. The molecule has 0 fully saturated rings. The summed E-state index contributed by atoms with van der Waals surface area (Å²) in [5.41, 5.74) is 1.63. The van der Waals surface area contributed by atoms with Crippen LogP contribution in [0, 0.1) is 0 Å². The van der Waals surface area contributed by atoms with Crippen molar-refractivity contribution in [3.05, 3.63) is 63.6 Å². The minimum atomic E-state index is -0.732. The summed E-state index contributed by atoms with van der Waals surface area (Å²) in [6.07, 6.45) is -0.732. The molecular formula is C13H11BrClNO. The van der Waals surface area contributed by atoms with E-state index in [2.05, 4.69) is 21.2 Å². The van der Waals surface area contributed by atoms with Gasteiger partial charge in [0, 0.05) is 20.7 Å². The van der Waals surface area contributed by atoms with Crippen LogP contribution in [0.5, 0.6) is 0 Å². The molecule has 88 valence electrons. The molecule has 0 amide bonds. The lowest BCUT2D eigenvalue weighted by Gasteiger charge is -2.14. The summed E-state index contributed by atoms with van der Waals surface area (Å²) in [5.74, 6) is 0. The molecule has 1 atom stereocenters. The van der Waals surface area contributed by atoms with Gasteiger partial charge in [0.2, 0.25) is 0 Å². The molecule has 2 rings (SSSR count). The minimum Gasteiger partial charge on any atom is -0.369 e. The number of benzene rings is 2. The lowest BCUT2D eigenvalue weighted by atomic mass is 10.2. The first-order chi connectivity index (χ1) is 8.15. The molecule has 0 saturated carbocycles. The van der Waals surface area contributed by atoms with E-state index in [0.29, 0.717) is 5.02 Å². The molecule has 0 aromatic heterocycles. The number of aliphatic hydroxyl groups is 1. The summed E-state index contributed by atoms with van der Waals surface area (Å²) < 4.78 is 0.986. The highest BCUT2D eigenvalue weighted by Gasteiger charge is 2.06. The van der Waals surface area contributed by atoms with Crippen LogP contribution < -0.4 is 5.32 Å². The first kappa shape index (κ1) is 12.4. The summed E-state index contributed by atoms with van der Waals surface area (Å²) in [5, 5.41) is 13.6. The van der Waals surface area contributed by atoms with Crippen molar-refractivity contribution in [2.45, 2.75) is 6.23 Å². The summed E-state index contributed by atoms with van der Waals surface area (Å²) in [6, 6.07) is 14.7. The van der Waals surface area contributed by atoms with Gasteiger partial charge in [0.15, 0.2) is 6.23 Å². The Morgan fingerprint density at radius 3 is 2.18 bits per heavy atom. The van der Waals surface area contributed by atoms with E-state index in [1.54, 1.807) is 12.1 Å². The Bertz CT molecular complexity index is 484. The van der Waals surface area contributed by atoms with Crippen LogP contribution in [-0.4, -0.2) is 5.11 Å². The van der Waals surface area contributed by atoms with Gasteiger partial charge >= 0.3 is 0 Å². The molecule has 0 aliphatic carbocycles. The molecule has 0 spiro atoms. The molecule has 2 nitrogen and oxygen atoms in total.